The SMILES string of the molecule is CCOC(=O)[C@@H](CC)[C@]1(C)NN=C(c2ccc(C)cc2)S1. The third-order valence-electron chi connectivity index (χ3n) is 3.63. The maximum Gasteiger partial charge on any atom is 0.312 e. The van der Waals surface area contributed by atoms with Crippen LogP contribution in [0.25, 0.3) is 0 Å². The topological polar surface area (TPSA) is 50.7 Å². The zero-order valence-corrected chi connectivity index (χ0v) is 13.8. The van der Waals surface area contributed by atoms with Gasteiger partial charge in [0.2, 0.25) is 0 Å². The summed E-state index contributed by atoms with van der Waals surface area (Å²) in [6.07, 6.45) is 0.714. The van der Waals surface area contributed by atoms with E-state index in [1.54, 1.807) is 11.8 Å². The van der Waals surface area contributed by atoms with Crippen molar-refractivity contribution in [3.63, 3.8) is 0 Å². The fourth-order valence-electron chi connectivity index (χ4n) is 2.40. The highest BCUT2D eigenvalue weighted by atomic mass is 32.2. The first kappa shape index (κ1) is 15.9. The van der Waals surface area contributed by atoms with Gasteiger partial charge in [-0.15, -0.1) is 0 Å². The fourth-order valence-corrected chi connectivity index (χ4v) is 3.64. The lowest BCUT2D eigenvalue weighted by atomic mass is 9.98. The number of aryl methyl sites for hydroxylation is 1. The van der Waals surface area contributed by atoms with E-state index < -0.39 is 4.87 Å². The molecule has 0 saturated heterocycles. The number of ether oxygens (including phenoxy) is 1. The molecule has 2 rings (SSSR count). The number of hydrazone groups is 1. The van der Waals surface area contributed by atoms with Crippen LogP contribution in [0.3, 0.4) is 0 Å². The van der Waals surface area contributed by atoms with Gasteiger partial charge in [0.25, 0.3) is 0 Å². The van der Waals surface area contributed by atoms with Crippen molar-refractivity contribution in [1.29, 1.82) is 0 Å². The number of carbonyl (C=O) groups excluding carboxylic acids is 1. The molecule has 1 aromatic carbocycles. The zero-order valence-electron chi connectivity index (χ0n) is 13.0. The predicted molar refractivity (Wildman–Crippen MR) is 87.3 cm³/mol. The highest BCUT2D eigenvalue weighted by Gasteiger charge is 2.44. The van der Waals surface area contributed by atoms with Crippen LogP contribution in [0.5, 0.6) is 0 Å². The molecule has 4 nitrogen and oxygen atoms in total. The van der Waals surface area contributed by atoms with Crippen LogP contribution in [-0.2, 0) is 9.53 Å². The van der Waals surface area contributed by atoms with Crippen molar-refractivity contribution in [2.45, 2.75) is 39.0 Å². The van der Waals surface area contributed by atoms with Crippen molar-refractivity contribution >= 4 is 22.8 Å². The second-order valence-electron chi connectivity index (χ2n) is 5.32. The van der Waals surface area contributed by atoms with Gasteiger partial charge >= 0.3 is 5.97 Å². The number of nitrogens with one attached hydrogen (secondary N) is 1. The lowest BCUT2D eigenvalue weighted by Crippen LogP contribution is -2.44. The van der Waals surface area contributed by atoms with E-state index in [0.717, 1.165) is 10.6 Å². The lowest BCUT2D eigenvalue weighted by molar-refractivity contribution is -0.149. The second-order valence-corrected chi connectivity index (χ2v) is 6.76. The molecule has 2 atom stereocenters. The van der Waals surface area contributed by atoms with Crippen molar-refractivity contribution in [1.82, 2.24) is 5.43 Å². The summed E-state index contributed by atoms with van der Waals surface area (Å²) in [6.45, 7) is 8.30. The molecule has 21 heavy (non-hydrogen) atoms. The third kappa shape index (κ3) is 3.40. The van der Waals surface area contributed by atoms with Crippen LogP contribution in [0.2, 0.25) is 0 Å². The molecule has 0 bridgehead atoms. The molecule has 0 fully saturated rings. The Morgan fingerprint density at radius 1 is 1.38 bits per heavy atom. The van der Waals surface area contributed by atoms with Crippen molar-refractivity contribution in [3.05, 3.63) is 35.4 Å². The Morgan fingerprint density at radius 2 is 2.05 bits per heavy atom. The summed E-state index contributed by atoms with van der Waals surface area (Å²) in [5.41, 5.74) is 5.43. The average Bonchev–Trinajstić information content (AvgIpc) is 2.84. The van der Waals surface area contributed by atoms with E-state index in [1.807, 2.05) is 20.8 Å². The van der Waals surface area contributed by atoms with E-state index in [-0.39, 0.29) is 11.9 Å². The van der Waals surface area contributed by atoms with E-state index in [0.29, 0.717) is 13.0 Å². The van der Waals surface area contributed by atoms with Gasteiger partial charge in [-0.2, -0.15) is 5.10 Å². The van der Waals surface area contributed by atoms with Crippen molar-refractivity contribution in [2.75, 3.05) is 6.61 Å². The number of carbonyl (C=O) groups is 1. The highest BCUT2D eigenvalue weighted by molar-refractivity contribution is 8.15. The van der Waals surface area contributed by atoms with Crippen LogP contribution in [0, 0.1) is 12.8 Å². The molecule has 0 radical (unpaired) electrons. The Hall–Kier alpha value is -1.49. The minimum Gasteiger partial charge on any atom is -0.466 e. The molecule has 1 heterocycles. The van der Waals surface area contributed by atoms with Crippen molar-refractivity contribution in [3.8, 4) is 0 Å². The predicted octanol–water partition coefficient (Wildman–Crippen LogP) is 3.30. The molecule has 0 unspecified atom stereocenters. The number of thioether (sulfide) groups is 1. The highest BCUT2D eigenvalue weighted by Crippen LogP contribution is 2.39. The molecule has 1 aromatic rings. The Labute approximate surface area is 130 Å². The van der Waals surface area contributed by atoms with E-state index in [4.69, 9.17) is 4.74 Å². The van der Waals surface area contributed by atoms with Gasteiger partial charge < -0.3 is 4.74 Å². The van der Waals surface area contributed by atoms with E-state index in [1.165, 1.54) is 5.56 Å². The Kier molecular flexibility index (Phi) is 4.93. The van der Waals surface area contributed by atoms with Gasteiger partial charge in [0, 0.05) is 5.56 Å². The molecule has 1 aliphatic rings. The number of rotatable bonds is 5. The standard InChI is InChI=1S/C16H22N2O2S/c1-5-13(15(19)20-6-2)16(4)18-17-14(21-16)12-9-7-11(3)8-10-12/h7-10,13,18H,5-6H2,1-4H3/t13-,16-/m1/s1. The summed E-state index contributed by atoms with van der Waals surface area (Å²) in [5, 5.41) is 5.34. The molecule has 1 aliphatic heterocycles. The van der Waals surface area contributed by atoms with Crippen LogP contribution >= 0.6 is 11.8 Å². The van der Waals surface area contributed by atoms with Crippen LogP contribution in [0.15, 0.2) is 29.4 Å². The minimum atomic E-state index is -0.457. The number of esters is 1. The molecule has 0 aliphatic carbocycles. The fraction of sp³-hybridized carbons (Fsp3) is 0.500. The molecule has 0 aromatic heterocycles. The largest absolute Gasteiger partial charge is 0.466 e. The summed E-state index contributed by atoms with van der Waals surface area (Å²) >= 11 is 1.60. The van der Waals surface area contributed by atoms with Gasteiger partial charge in [0.15, 0.2) is 0 Å². The normalized spacial score (nSPS) is 22.4. The molecule has 0 saturated carbocycles. The summed E-state index contributed by atoms with van der Waals surface area (Å²) in [4.78, 5) is 11.7. The molecule has 0 spiro atoms. The smallest absolute Gasteiger partial charge is 0.312 e. The van der Waals surface area contributed by atoms with Gasteiger partial charge in [0.1, 0.15) is 9.91 Å². The van der Waals surface area contributed by atoms with Gasteiger partial charge in [-0.3, -0.25) is 10.2 Å². The molecular weight excluding hydrogens is 284 g/mol. The first-order valence-electron chi connectivity index (χ1n) is 7.27. The summed E-state index contributed by atoms with van der Waals surface area (Å²) in [5.74, 6) is -0.392. The maximum absolute atomic E-state index is 12.1. The van der Waals surface area contributed by atoms with E-state index in [2.05, 4.69) is 41.7 Å². The average molecular weight is 306 g/mol. The first-order valence-corrected chi connectivity index (χ1v) is 8.09. The van der Waals surface area contributed by atoms with Gasteiger partial charge in [-0.25, -0.2) is 0 Å². The summed E-state index contributed by atoms with van der Waals surface area (Å²) < 4.78 is 5.19. The van der Waals surface area contributed by atoms with Crippen LogP contribution in [0.1, 0.15) is 38.3 Å². The maximum atomic E-state index is 12.1. The van der Waals surface area contributed by atoms with Crippen LogP contribution in [0.4, 0.5) is 0 Å². The number of nitrogens with zero attached hydrogens (tertiary/aromatic N) is 1. The quantitative estimate of drug-likeness (QED) is 0.848. The Morgan fingerprint density at radius 3 is 2.62 bits per heavy atom. The number of hydrogen-bond acceptors (Lipinski definition) is 5. The third-order valence-corrected chi connectivity index (χ3v) is 4.95. The second kappa shape index (κ2) is 6.52. The lowest BCUT2D eigenvalue weighted by Gasteiger charge is -2.30. The molecular formula is C16H22N2O2S. The zero-order chi connectivity index (χ0) is 15.5. The number of hydrogen-bond donors (Lipinski definition) is 1. The number of benzene rings is 1. The summed E-state index contributed by atoms with van der Waals surface area (Å²) in [6, 6.07) is 8.24. The van der Waals surface area contributed by atoms with E-state index in [9.17, 15) is 4.79 Å². The molecule has 1 N–H and O–H groups in total. The summed E-state index contributed by atoms with van der Waals surface area (Å²) in [7, 11) is 0. The van der Waals surface area contributed by atoms with Crippen LogP contribution < -0.4 is 5.43 Å². The van der Waals surface area contributed by atoms with Crippen molar-refractivity contribution < 1.29 is 9.53 Å². The van der Waals surface area contributed by atoms with Crippen LogP contribution in [-0.4, -0.2) is 22.5 Å². The van der Waals surface area contributed by atoms with Gasteiger partial charge in [0.05, 0.1) is 12.5 Å². The Balaban J connectivity index is 2.14. The molecule has 0 amide bonds. The minimum absolute atomic E-state index is 0.164. The Bertz CT molecular complexity index is 542. The monoisotopic (exact) mass is 306 g/mol. The van der Waals surface area contributed by atoms with Gasteiger partial charge in [-0.1, -0.05) is 48.5 Å². The first-order chi connectivity index (χ1) is 10.00. The van der Waals surface area contributed by atoms with Crippen molar-refractivity contribution in [2.24, 2.45) is 11.0 Å². The van der Waals surface area contributed by atoms with E-state index >= 15 is 0 Å². The molecule has 114 valence electrons. The molecule has 5 heteroatoms. The van der Waals surface area contributed by atoms with Gasteiger partial charge in [-0.05, 0) is 27.2 Å².